The van der Waals surface area contributed by atoms with Crippen molar-refractivity contribution in [1.82, 2.24) is 25.1 Å². The van der Waals surface area contributed by atoms with E-state index in [1.807, 2.05) is 43.3 Å². The van der Waals surface area contributed by atoms with Crippen LogP contribution in [0.15, 0.2) is 65.7 Å². The van der Waals surface area contributed by atoms with Gasteiger partial charge in [-0.1, -0.05) is 53.7 Å². The molecule has 0 unspecified atom stereocenters. The van der Waals surface area contributed by atoms with Crippen molar-refractivity contribution in [1.29, 1.82) is 0 Å². The van der Waals surface area contributed by atoms with E-state index in [2.05, 4.69) is 20.6 Å². The Labute approximate surface area is 171 Å². The van der Waals surface area contributed by atoms with E-state index in [-0.39, 0.29) is 17.5 Å². The third-order valence-electron chi connectivity index (χ3n) is 4.30. The Kier molecular flexibility index (Phi) is 5.53. The fourth-order valence-corrected chi connectivity index (χ4v) is 3.41. The molecule has 146 valence electrons. The number of nitrogens with zero attached hydrogens (tertiary/aromatic N) is 4. The third kappa shape index (κ3) is 4.60. The highest BCUT2D eigenvalue weighted by Gasteiger charge is 2.11. The lowest BCUT2D eigenvalue weighted by molar-refractivity contribution is -0.118. The molecule has 0 atom stereocenters. The Morgan fingerprint density at radius 3 is 2.55 bits per heavy atom. The number of thioether (sulfide) groups is 1. The van der Waals surface area contributed by atoms with Crippen LogP contribution in [0.2, 0.25) is 0 Å². The molecule has 2 heterocycles. The molecule has 0 saturated heterocycles. The molecular formula is C21H18FN5OS. The smallest absolute Gasteiger partial charge is 0.230 e. The average molecular weight is 407 g/mol. The standard InChI is InChI=1S/C21H18FN5OS/c1-14-2-6-16(7-3-14)21-25-24-18-10-11-20(26-27(18)21)29-13-19(28)23-12-15-4-8-17(22)9-5-15/h2-11H,12-13H2,1H3,(H,23,28). The van der Waals surface area contributed by atoms with Crippen molar-refractivity contribution in [3.8, 4) is 11.4 Å². The second-order valence-corrected chi connectivity index (χ2v) is 7.52. The Bertz CT molecular complexity index is 1140. The molecule has 0 spiro atoms. The summed E-state index contributed by atoms with van der Waals surface area (Å²) < 4.78 is 14.6. The normalized spacial score (nSPS) is 11.0. The SMILES string of the molecule is Cc1ccc(-c2nnc3ccc(SCC(=O)NCc4ccc(F)cc4)nn23)cc1. The zero-order valence-corrected chi connectivity index (χ0v) is 16.5. The molecule has 0 saturated carbocycles. The van der Waals surface area contributed by atoms with Crippen molar-refractivity contribution in [2.75, 3.05) is 5.75 Å². The zero-order chi connectivity index (χ0) is 20.2. The summed E-state index contributed by atoms with van der Waals surface area (Å²) in [4.78, 5) is 12.1. The van der Waals surface area contributed by atoms with Gasteiger partial charge in [-0.3, -0.25) is 4.79 Å². The van der Waals surface area contributed by atoms with E-state index >= 15 is 0 Å². The molecular weight excluding hydrogens is 389 g/mol. The topological polar surface area (TPSA) is 72.2 Å². The first-order valence-corrected chi connectivity index (χ1v) is 10.0. The molecule has 6 nitrogen and oxygen atoms in total. The summed E-state index contributed by atoms with van der Waals surface area (Å²) >= 11 is 1.33. The van der Waals surface area contributed by atoms with Crippen molar-refractivity contribution in [3.63, 3.8) is 0 Å². The van der Waals surface area contributed by atoms with Crippen LogP contribution in [0.25, 0.3) is 17.0 Å². The minimum Gasteiger partial charge on any atom is -0.351 e. The van der Waals surface area contributed by atoms with Gasteiger partial charge in [0.1, 0.15) is 10.8 Å². The van der Waals surface area contributed by atoms with E-state index in [4.69, 9.17) is 0 Å². The van der Waals surface area contributed by atoms with Gasteiger partial charge in [-0.15, -0.1) is 10.2 Å². The largest absolute Gasteiger partial charge is 0.351 e. The highest BCUT2D eigenvalue weighted by molar-refractivity contribution is 7.99. The number of amides is 1. The molecule has 1 amide bonds. The first-order chi connectivity index (χ1) is 14.1. The van der Waals surface area contributed by atoms with Crippen LogP contribution in [0.3, 0.4) is 0 Å². The maximum absolute atomic E-state index is 12.9. The number of fused-ring (bicyclic) bond motifs is 1. The number of benzene rings is 2. The number of aryl methyl sites for hydroxylation is 1. The van der Waals surface area contributed by atoms with Crippen LogP contribution in [0.1, 0.15) is 11.1 Å². The Hall–Kier alpha value is -3.26. The van der Waals surface area contributed by atoms with Crippen molar-refractivity contribution >= 4 is 23.3 Å². The van der Waals surface area contributed by atoms with Crippen molar-refractivity contribution in [3.05, 3.63) is 77.6 Å². The number of aromatic nitrogens is 4. The monoisotopic (exact) mass is 407 g/mol. The van der Waals surface area contributed by atoms with Crippen molar-refractivity contribution in [2.24, 2.45) is 0 Å². The van der Waals surface area contributed by atoms with Crippen LogP contribution < -0.4 is 5.32 Å². The summed E-state index contributed by atoms with van der Waals surface area (Å²) in [7, 11) is 0. The van der Waals surface area contributed by atoms with Gasteiger partial charge in [0.2, 0.25) is 5.91 Å². The summed E-state index contributed by atoms with van der Waals surface area (Å²) in [6, 6.07) is 17.7. The molecule has 2 aromatic carbocycles. The van der Waals surface area contributed by atoms with Crippen LogP contribution in [-0.2, 0) is 11.3 Å². The van der Waals surface area contributed by atoms with Gasteiger partial charge in [0.05, 0.1) is 5.75 Å². The van der Waals surface area contributed by atoms with Crippen LogP contribution >= 0.6 is 11.8 Å². The minimum atomic E-state index is -0.295. The molecule has 0 aliphatic rings. The number of hydrogen-bond acceptors (Lipinski definition) is 5. The van der Waals surface area contributed by atoms with Gasteiger partial charge in [-0.25, -0.2) is 4.39 Å². The molecule has 4 aromatic rings. The van der Waals surface area contributed by atoms with Gasteiger partial charge in [0.25, 0.3) is 0 Å². The summed E-state index contributed by atoms with van der Waals surface area (Å²) in [5.74, 6) is 0.463. The van der Waals surface area contributed by atoms with Crippen LogP contribution in [0.4, 0.5) is 4.39 Å². The summed E-state index contributed by atoms with van der Waals surface area (Å²) in [6.45, 7) is 2.38. The van der Waals surface area contributed by atoms with Gasteiger partial charge < -0.3 is 5.32 Å². The van der Waals surface area contributed by atoms with Crippen LogP contribution in [-0.4, -0.2) is 31.5 Å². The second-order valence-electron chi connectivity index (χ2n) is 6.52. The molecule has 0 radical (unpaired) electrons. The summed E-state index contributed by atoms with van der Waals surface area (Å²) in [5, 5.41) is 16.5. The quantitative estimate of drug-likeness (QED) is 0.494. The predicted molar refractivity (Wildman–Crippen MR) is 110 cm³/mol. The number of carbonyl (C=O) groups excluding carboxylic acids is 1. The van der Waals surface area contributed by atoms with Crippen molar-refractivity contribution in [2.45, 2.75) is 18.5 Å². The Morgan fingerprint density at radius 1 is 1.03 bits per heavy atom. The minimum absolute atomic E-state index is 0.122. The number of carbonyl (C=O) groups is 1. The number of halogens is 1. The second kappa shape index (κ2) is 8.40. The Balaban J connectivity index is 1.41. The lowest BCUT2D eigenvalue weighted by atomic mass is 10.1. The number of hydrogen-bond donors (Lipinski definition) is 1. The molecule has 8 heteroatoms. The molecule has 0 aliphatic carbocycles. The summed E-state index contributed by atoms with van der Waals surface area (Å²) in [6.07, 6.45) is 0. The molecule has 4 rings (SSSR count). The highest BCUT2D eigenvalue weighted by Crippen LogP contribution is 2.21. The third-order valence-corrected chi connectivity index (χ3v) is 5.22. The highest BCUT2D eigenvalue weighted by atomic mass is 32.2. The fourth-order valence-electron chi connectivity index (χ4n) is 2.73. The van der Waals surface area contributed by atoms with E-state index < -0.39 is 0 Å². The maximum Gasteiger partial charge on any atom is 0.230 e. The van der Waals surface area contributed by atoms with E-state index in [0.717, 1.165) is 11.1 Å². The van der Waals surface area contributed by atoms with Gasteiger partial charge in [0, 0.05) is 12.1 Å². The fraction of sp³-hybridized carbons (Fsp3) is 0.143. The van der Waals surface area contributed by atoms with Gasteiger partial charge >= 0.3 is 0 Å². The van der Waals surface area contributed by atoms with E-state index in [1.165, 1.54) is 29.5 Å². The Morgan fingerprint density at radius 2 is 1.79 bits per heavy atom. The van der Waals surface area contributed by atoms with Gasteiger partial charge in [-0.05, 0) is 36.8 Å². The van der Waals surface area contributed by atoms with Crippen LogP contribution in [0, 0.1) is 12.7 Å². The molecule has 0 fully saturated rings. The van der Waals surface area contributed by atoms with E-state index in [0.29, 0.717) is 23.0 Å². The molecule has 29 heavy (non-hydrogen) atoms. The van der Waals surface area contributed by atoms with Crippen molar-refractivity contribution < 1.29 is 9.18 Å². The zero-order valence-electron chi connectivity index (χ0n) is 15.7. The lowest BCUT2D eigenvalue weighted by Crippen LogP contribution is -2.24. The molecule has 0 bridgehead atoms. The molecule has 0 aliphatic heterocycles. The first kappa shape index (κ1) is 19.1. The summed E-state index contributed by atoms with van der Waals surface area (Å²) in [5.41, 5.74) is 3.58. The van der Waals surface area contributed by atoms with E-state index in [9.17, 15) is 9.18 Å². The van der Waals surface area contributed by atoms with Gasteiger partial charge in [-0.2, -0.15) is 9.61 Å². The number of nitrogens with one attached hydrogen (secondary N) is 1. The van der Waals surface area contributed by atoms with Crippen LogP contribution in [0.5, 0.6) is 0 Å². The average Bonchev–Trinajstić information content (AvgIpc) is 3.15. The van der Waals surface area contributed by atoms with E-state index in [1.54, 1.807) is 16.6 Å². The lowest BCUT2D eigenvalue weighted by Gasteiger charge is -2.06. The molecule has 2 aromatic heterocycles. The maximum atomic E-state index is 12.9. The molecule has 1 N–H and O–H groups in total. The first-order valence-electron chi connectivity index (χ1n) is 9.02. The van der Waals surface area contributed by atoms with Gasteiger partial charge in [0.15, 0.2) is 11.5 Å². The predicted octanol–water partition coefficient (Wildman–Crippen LogP) is 3.65. The number of rotatable bonds is 6.